The zero-order chi connectivity index (χ0) is 14.7. The third-order valence-electron chi connectivity index (χ3n) is 2.83. The molecule has 0 saturated carbocycles. The number of rotatable bonds is 3. The topological polar surface area (TPSA) is 55.4 Å². The largest absolute Gasteiger partial charge is 0.465 e. The number of ether oxygens (including phenoxy) is 1. The molecular formula is C15H15NO3S. The Morgan fingerprint density at radius 2 is 1.85 bits per heavy atom. The van der Waals surface area contributed by atoms with E-state index in [-0.39, 0.29) is 5.91 Å². The van der Waals surface area contributed by atoms with Crippen LogP contribution in [0.2, 0.25) is 0 Å². The van der Waals surface area contributed by atoms with Gasteiger partial charge in [0.05, 0.1) is 7.11 Å². The van der Waals surface area contributed by atoms with Crippen LogP contribution in [-0.2, 0) is 9.53 Å². The number of hydrogen-bond acceptors (Lipinski definition) is 4. The summed E-state index contributed by atoms with van der Waals surface area (Å²) >= 11 is 1.38. The summed E-state index contributed by atoms with van der Waals surface area (Å²) in [7, 11) is 1.33. The second kappa shape index (κ2) is 5.88. The summed E-state index contributed by atoms with van der Waals surface area (Å²) in [6.45, 7) is 3.34. The predicted molar refractivity (Wildman–Crippen MR) is 80.1 cm³/mol. The Labute approximate surface area is 121 Å². The summed E-state index contributed by atoms with van der Waals surface area (Å²) in [5, 5.41) is 3.23. The third kappa shape index (κ3) is 2.72. The van der Waals surface area contributed by atoms with Gasteiger partial charge < -0.3 is 10.1 Å². The van der Waals surface area contributed by atoms with Crippen LogP contribution in [0.3, 0.4) is 0 Å². The molecule has 0 aliphatic carbocycles. The normalized spacial score (nSPS) is 10.2. The highest BCUT2D eigenvalue weighted by Crippen LogP contribution is 2.40. The van der Waals surface area contributed by atoms with Gasteiger partial charge in [0.25, 0.3) is 0 Å². The lowest BCUT2D eigenvalue weighted by Gasteiger charge is -2.07. The molecule has 5 heteroatoms. The lowest BCUT2D eigenvalue weighted by molar-refractivity contribution is -0.114. The van der Waals surface area contributed by atoms with Crippen molar-refractivity contribution in [1.82, 2.24) is 0 Å². The summed E-state index contributed by atoms with van der Waals surface area (Å²) in [5.41, 5.74) is 2.15. The average molecular weight is 289 g/mol. The minimum atomic E-state index is -0.447. The number of carbonyl (C=O) groups excluding carboxylic acids is 2. The van der Waals surface area contributed by atoms with Gasteiger partial charge in [-0.25, -0.2) is 4.79 Å². The molecule has 0 spiro atoms. The number of methoxy groups -OCH3 is 1. The van der Waals surface area contributed by atoms with Crippen molar-refractivity contribution < 1.29 is 14.3 Å². The number of esters is 1. The Bertz CT molecular complexity index is 647. The lowest BCUT2D eigenvalue weighted by Crippen LogP contribution is -2.10. The van der Waals surface area contributed by atoms with Gasteiger partial charge in [-0.2, -0.15) is 0 Å². The van der Waals surface area contributed by atoms with Crippen LogP contribution < -0.4 is 5.32 Å². The number of aryl methyl sites for hydroxylation is 1. The van der Waals surface area contributed by atoms with Crippen molar-refractivity contribution in [1.29, 1.82) is 0 Å². The Morgan fingerprint density at radius 3 is 2.40 bits per heavy atom. The number of carbonyl (C=O) groups is 2. The standard InChI is InChI=1S/C15H15NO3S/c1-9-12(11-7-5-4-6-8-11)13(15(18)19-3)14(20-9)16-10(2)17/h4-8H,1-3H3,(H,16,17). The van der Waals surface area contributed by atoms with Gasteiger partial charge in [0.15, 0.2) is 0 Å². The van der Waals surface area contributed by atoms with Crippen molar-refractivity contribution >= 4 is 28.2 Å². The summed E-state index contributed by atoms with van der Waals surface area (Å²) in [5.74, 6) is -0.659. The molecule has 0 radical (unpaired) electrons. The average Bonchev–Trinajstić information content (AvgIpc) is 2.74. The van der Waals surface area contributed by atoms with E-state index in [4.69, 9.17) is 4.74 Å². The van der Waals surface area contributed by atoms with Gasteiger partial charge in [-0.3, -0.25) is 4.79 Å². The molecule has 4 nitrogen and oxygen atoms in total. The highest BCUT2D eigenvalue weighted by molar-refractivity contribution is 7.17. The van der Waals surface area contributed by atoms with E-state index in [2.05, 4.69) is 5.32 Å². The Morgan fingerprint density at radius 1 is 1.20 bits per heavy atom. The number of hydrogen-bond donors (Lipinski definition) is 1. The summed E-state index contributed by atoms with van der Waals surface area (Å²) in [6.07, 6.45) is 0. The van der Waals surface area contributed by atoms with Crippen molar-refractivity contribution in [2.24, 2.45) is 0 Å². The fraction of sp³-hybridized carbons (Fsp3) is 0.200. The first kappa shape index (κ1) is 14.3. The van der Waals surface area contributed by atoms with Crippen LogP contribution >= 0.6 is 11.3 Å². The first-order valence-corrected chi connectivity index (χ1v) is 6.91. The quantitative estimate of drug-likeness (QED) is 0.880. The first-order valence-electron chi connectivity index (χ1n) is 6.09. The van der Waals surface area contributed by atoms with E-state index in [1.165, 1.54) is 25.4 Å². The highest BCUT2D eigenvalue weighted by atomic mass is 32.1. The summed E-state index contributed by atoms with van der Waals surface area (Å²) in [6, 6.07) is 9.59. The fourth-order valence-corrected chi connectivity index (χ4v) is 3.15. The van der Waals surface area contributed by atoms with Gasteiger partial charge in [-0.05, 0) is 12.5 Å². The molecule has 1 N–H and O–H groups in total. The molecule has 0 fully saturated rings. The summed E-state index contributed by atoms with van der Waals surface area (Å²) < 4.78 is 4.85. The van der Waals surface area contributed by atoms with Crippen molar-refractivity contribution in [3.63, 3.8) is 0 Å². The van der Waals surface area contributed by atoms with Crippen LogP contribution in [0.5, 0.6) is 0 Å². The smallest absolute Gasteiger partial charge is 0.341 e. The second-order valence-corrected chi connectivity index (χ2v) is 5.50. The van der Waals surface area contributed by atoms with E-state index in [1.54, 1.807) is 0 Å². The molecule has 0 aliphatic heterocycles. The van der Waals surface area contributed by atoms with E-state index in [1.807, 2.05) is 37.3 Å². The van der Waals surface area contributed by atoms with E-state index >= 15 is 0 Å². The van der Waals surface area contributed by atoms with E-state index in [9.17, 15) is 9.59 Å². The number of nitrogens with one attached hydrogen (secondary N) is 1. The number of benzene rings is 1. The summed E-state index contributed by atoms with van der Waals surface area (Å²) in [4.78, 5) is 24.3. The molecule has 1 aromatic carbocycles. The SMILES string of the molecule is COC(=O)c1c(NC(C)=O)sc(C)c1-c1ccccc1. The molecule has 0 bridgehead atoms. The molecule has 0 atom stereocenters. The predicted octanol–water partition coefficient (Wildman–Crippen LogP) is 3.47. The van der Waals surface area contributed by atoms with E-state index in [0.29, 0.717) is 10.6 Å². The van der Waals surface area contributed by atoms with E-state index in [0.717, 1.165) is 16.0 Å². The van der Waals surface area contributed by atoms with Crippen molar-refractivity contribution in [3.8, 4) is 11.1 Å². The van der Waals surface area contributed by atoms with Crippen LogP contribution in [0.25, 0.3) is 11.1 Å². The van der Waals surface area contributed by atoms with Crippen LogP contribution in [0.1, 0.15) is 22.2 Å². The molecule has 2 aromatic rings. The minimum Gasteiger partial charge on any atom is -0.465 e. The molecule has 1 heterocycles. The Kier molecular flexibility index (Phi) is 4.20. The van der Waals surface area contributed by atoms with Crippen molar-refractivity contribution in [2.75, 3.05) is 12.4 Å². The van der Waals surface area contributed by atoms with Crippen LogP contribution in [0.15, 0.2) is 30.3 Å². The van der Waals surface area contributed by atoms with Crippen molar-refractivity contribution in [3.05, 3.63) is 40.8 Å². The molecule has 0 saturated heterocycles. The van der Waals surface area contributed by atoms with Crippen LogP contribution in [-0.4, -0.2) is 19.0 Å². The van der Waals surface area contributed by atoms with Crippen LogP contribution in [0, 0.1) is 6.92 Å². The first-order chi connectivity index (χ1) is 9.54. The molecule has 2 rings (SSSR count). The van der Waals surface area contributed by atoms with E-state index < -0.39 is 5.97 Å². The molecule has 104 valence electrons. The molecular weight excluding hydrogens is 274 g/mol. The van der Waals surface area contributed by atoms with Gasteiger partial charge in [-0.1, -0.05) is 30.3 Å². The van der Waals surface area contributed by atoms with Gasteiger partial charge in [0.2, 0.25) is 5.91 Å². The number of amides is 1. The number of thiophene rings is 1. The molecule has 0 aliphatic rings. The Balaban J connectivity index is 2.64. The Hall–Kier alpha value is -2.14. The third-order valence-corrected chi connectivity index (χ3v) is 3.85. The fourth-order valence-electron chi connectivity index (χ4n) is 2.04. The van der Waals surface area contributed by atoms with Crippen LogP contribution in [0.4, 0.5) is 5.00 Å². The minimum absolute atomic E-state index is 0.212. The van der Waals surface area contributed by atoms with Gasteiger partial charge >= 0.3 is 5.97 Å². The molecule has 1 amide bonds. The maximum atomic E-state index is 12.1. The monoisotopic (exact) mass is 289 g/mol. The maximum Gasteiger partial charge on any atom is 0.341 e. The molecule has 0 unspecified atom stereocenters. The van der Waals surface area contributed by atoms with Crippen molar-refractivity contribution in [2.45, 2.75) is 13.8 Å². The van der Waals surface area contributed by atoms with Gasteiger partial charge in [-0.15, -0.1) is 11.3 Å². The number of anilines is 1. The zero-order valence-electron chi connectivity index (χ0n) is 11.5. The molecule has 1 aromatic heterocycles. The lowest BCUT2D eigenvalue weighted by atomic mass is 10.0. The van der Waals surface area contributed by atoms with Gasteiger partial charge in [0, 0.05) is 17.4 Å². The zero-order valence-corrected chi connectivity index (χ0v) is 12.3. The highest BCUT2D eigenvalue weighted by Gasteiger charge is 2.24. The maximum absolute atomic E-state index is 12.1. The second-order valence-electron chi connectivity index (χ2n) is 4.28. The molecule has 20 heavy (non-hydrogen) atoms. The van der Waals surface area contributed by atoms with Gasteiger partial charge in [0.1, 0.15) is 10.6 Å².